The first-order chi connectivity index (χ1) is 7.78. The largest absolute Gasteiger partial charge is 0.376 e. The molecule has 2 aliphatic rings. The van der Waals surface area contributed by atoms with Crippen LogP contribution in [0.5, 0.6) is 0 Å². The highest BCUT2D eigenvalue weighted by molar-refractivity contribution is 7.09. The summed E-state index contributed by atoms with van der Waals surface area (Å²) in [6.07, 6.45) is 6.22. The summed E-state index contributed by atoms with van der Waals surface area (Å²) in [5.41, 5.74) is 6.49. The van der Waals surface area contributed by atoms with Crippen molar-refractivity contribution < 1.29 is 4.74 Å². The molecule has 0 spiro atoms. The minimum Gasteiger partial charge on any atom is -0.376 e. The van der Waals surface area contributed by atoms with Crippen molar-refractivity contribution >= 4 is 11.3 Å². The number of ether oxygens (including phenoxy) is 1. The molecule has 0 radical (unpaired) electrons. The number of rotatable bonds is 4. The van der Waals surface area contributed by atoms with E-state index in [1.807, 2.05) is 11.3 Å². The number of hydrogen-bond acceptors (Lipinski definition) is 3. The third-order valence-electron chi connectivity index (χ3n) is 3.90. The minimum atomic E-state index is -0.0504. The van der Waals surface area contributed by atoms with Gasteiger partial charge in [-0.25, -0.2) is 0 Å². The molecule has 3 heteroatoms. The van der Waals surface area contributed by atoms with E-state index in [2.05, 4.69) is 17.5 Å². The first-order valence-electron chi connectivity index (χ1n) is 6.21. The average molecular weight is 237 g/mol. The van der Waals surface area contributed by atoms with Crippen molar-refractivity contribution in [2.45, 2.75) is 43.7 Å². The quantitative estimate of drug-likeness (QED) is 0.873. The summed E-state index contributed by atoms with van der Waals surface area (Å²) in [4.78, 5) is 1.45. The summed E-state index contributed by atoms with van der Waals surface area (Å²) < 4.78 is 5.84. The van der Waals surface area contributed by atoms with Gasteiger partial charge in [0.1, 0.15) is 0 Å². The number of aryl methyl sites for hydroxylation is 1. The Kier molecular flexibility index (Phi) is 2.78. The fourth-order valence-electron chi connectivity index (χ4n) is 2.77. The summed E-state index contributed by atoms with van der Waals surface area (Å²) >= 11 is 1.83. The molecule has 2 atom stereocenters. The standard InChI is InChI=1S/C13H19NOS/c14-13(6-5-11-2-1-9-16-11)7-8-15-12(13)10-3-4-10/h1-2,9-10,12H,3-8,14H2. The van der Waals surface area contributed by atoms with Gasteiger partial charge in [0.15, 0.2) is 0 Å². The maximum atomic E-state index is 6.54. The molecule has 0 amide bonds. The van der Waals surface area contributed by atoms with Crippen LogP contribution < -0.4 is 5.73 Å². The van der Waals surface area contributed by atoms with E-state index >= 15 is 0 Å². The lowest BCUT2D eigenvalue weighted by Crippen LogP contribution is -2.48. The normalized spacial score (nSPS) is 34.4. The zero-order valence-electron chi connectivity index (χ0n) is 9.52. The lowest BCUT2D eigenvalue weighted by Gasteiger charge is -2.29. The molecule has 1 saturated carbocycles. The fourth-order valence-corrected chi connectivity index (χ4v) is 3.48. The molecule has 1 saturated heterocycles. The van der Waals surface area contributed by atoms with Crippen LogP contribution in [0.3, 0.4) is 0 Å². The Morgan fingerprint density at radius 1 is 1.50 bits per heavy atom. The van der Waals surface area contributed by atoms with Gasteiger partial charge in [-0.1, -0.05) is 6.07 Å². The predicted octanol–water partition coefficient (Wildman–Crippen LogP) is 2.58. The van der Waals surface area contributed by atoms with Crippen LogP contribution in [0.1, 0.15) is 30.6 Å². The van der Waals surface area contributed by atoms with Crippen LogP contribution in [0.15, 0.2) is 17.5 Å². The van der Waals surface area contributed by atoms with Gasteiger partial charge in [0.2, 0.25) is 0 Å². The van der Waals surface area contributed by atoms with E-state index in [1.165, 1.54) is 17.7 Å². The third-order valence-corrected chi connectivity index (χ3v) is 4.83. The van der Waals surface area contributed by atoms with Gasteiger partial charge in [-0.3, -0.25) is 0 Å². The predicted molar refractivity (Wildman–Crippen MR) is 66.6 cm³/mol. The maximum absolute atomic E-state index is 6.54. The summed E-state index contributed by atoms with van der Waals surface area (Å²) in [5.74, 6) is 0.760. The minimum absolute atomic E-state index is 0.0504. The zero-order chi connectivity index (χ0) is 11.0. The van der Waals surface area contributed by atoms with E-state index in [9.17, 15) is 0 Å². The maximum Gasteiger partial charge on any atom is 0.0783 e. The fraction of sp³-hybridized carbons (Fsp3) is 0.692. The second kappa shape index (κ2) is 4.13. The molecular formula is C13H19NOS. The number of thiophene rings is 1. The van der Waals surface area contributed by atoms with Gasteiger partial charge in [0.05, 0.1) is 6.10 Å². The Hall–Kier alpha value is -0.380. The Labute approximate surface area is 101 Å². The van der Waals surface area contributed by atoms with Gasteiger partial charge < -0.3 is 10.5 Å². The van der Waals surface area contributed by atoms with Crippen LogP contribution in [0.25, 0.3) is 0 Å². The van der Waals surface area contributed by atoms with Gasteiger partial charge in [-0.2, -0.15) is 0 Å². The molecule has 0 bridgehead atoms. The van der Waals surface area contributed by atoms with E-state index in [0.717, 1.165) is 31.8 Å². The van der Waals surface area contributed by atoms with Crippen LogP contribution in [-0.4, -0.2) is 18.2 Å². The van der Waals surface area contributed by atoms with Gasteiger partial charge in [-0.15, -0.1) is 11.3 Å². The van der Waals surface area contributed by atoms with Crippen molar-refractivity contribution in [2.24, 2.45) is 11.7 Å². The summed E-state index contributed by atoms with van der Waals surface area (Å²) in [6, 6.07) is 4.32. The van der Waals surface area contributed by atoms with Gasteiger partial charge in [-0.05, 0) is 49.5 Å². The molecule has 1 aromatic heterocycles. The van der Waals surface area contributed by atoms with Gasteiger partial charge in [0.25, 0.3) is 0 Å². The van der Waals surface area contributed by atoms with Crippen molar-refractivity contribution in [3.8, 4) is 0 Å². The molecule has 1 aliphatic carbocycles. The Bertz CT molecular complexity index is 347. The lowest BCUT2D eigenvalue weighted by atomic mass is 9.85. The monoisotopic (exact) mass is 237 g/mol. The van der Waals surface area contributed by atoms with Gasteiger partial charge in [0, 0.05) is 17.0 Å². The SMILES string of the molecule is NC1(CCc2cccs2)CCOC1C1CC1. The van der Waals surface area contributed by atoms with Crippen molar-refractivity contribution in [1.82, 2.24) is 0 Å². The van der Waals surface area contributed by atoms with E-state index in [0.29, 0.717) is 6.10 Å². The first-order valence-corrected chi connectivity index (χ1v) is 7.09. The average Bonchev–Trinajstić information content (AvgIpc) is 2.84. The van der Waals surface area contributed by atoms with Gasteiger partial charge >= 0.3 is 0 Å². The molecular weight excluding hydrogens is 218 g/mol. The van der Waals surface area contributed by atoms with Crippen LogP contribution in [-0.2, 0) is 11.2 Å². The number of nitrogens with two attached hydrogens (primary N) is 1. The molecule has 3 rings (SSSR count). The summed E-state index contributed by atoms with van der Waals surface area (Å²) in [7, 11) is 0. The van der Waals surface area contributed by atoms with Crippen LogP contribution in [0.2, 0.25) is 0 Å². The van der Waals surface area contributed by atoms with Crippen molar-refractivity contribution in [2.75, 3.05) is 6.61 Å². The van der Waals surface area contributed by atoms with Crippen LogP contribution >= 0.6 is 11.3 Å². The third kappa shape index (κ3) is 2.04. The zero-order valence-corrected chi connectivity index (χ0v) is 10.3. The van der Waals surface area contributed by atoms with Crippen LogP contribution in [0, 0.1) is 5.92 Å². The molecule has 1 aliphatic heterocycles. The van der Waals surface area contributed by atoms with E-state index in [4.69, 9.17) is 10.5 Å². The van der Waals surface area contributed by atoms with Crippen molar-refractivity contribution in [3.05, 3.63) is 22.4 Å². The molecule has 16 heavy (non-hydrogen) atoms. The summed E-state index contributed by atoms with van der Waals surface area (Å²) in [5, 5.41) is 2.14. The molecule has 2 nitrogen and oxygen atoms in total. The Balaban J connectivity index is 1.63. The smallest absolute Gasteiger partial charge is 0.0783 e. The van der Waals surface area contributed by atoms with E-state index in [-0.39, 0.29) is 5.54 Å². The lowest BCUT2D eigenvalue weighted by molar-refractivity contribution is 0.0603. The highest BCUT2D eigenvalue weighted by Gasteiger charge is 2.48. The molecule has 2 N–H and O–H groups in total. The van der Waals surface area contributed by atoms with Crippen molar-refractivity contribution in [1.29, 1.82) is 0 Å². The second-order valence-corrected chi connectivity index (χ2v) is 6.22. The van der Waals surface area contributed by atoms with Crippen LogP contribution in [0.4, 0.5) is 0 Å². The van der Waals surface area contributed by atoms with E-state index < -0.39 is 0 Å². The molecule has 0 aromatic carbocycles. The topological polar surface area (TPSA) is 35.2 Å². The van der Waals surface area contributed by atoms with E-state index in [1.54, 1.807) is 0 Å². The first kappa shape index (κ1) is 10.8. The molecule has 2 heterocycles. The molecule has 2 unspecified atom stereocenters. The highest BCUT2D eigenvalue weighted by atomic mass is 32.1. The second-order valence-electron chi connectivity index (χ2n) is 5.19. The number of hydrogen-bond donors (Lipinski definition) is 1. The molecule has 88 valence electrons. The van der Waals surface area contributed by atoms with Crippen molar-refractivity contribution in [3.63, 3.8) is 0 Å². The molecule has 1 aromatic rings. The molecule has 2 fully saturated rings. The Morgan fingerprint density at radius 2 is 2.38 bits per heavy atom. The Morgan fingerprint density at radius 3 is 3.06 bits per heavy atom. The summed E-state index contributed by atoms with van der Waals surface area (Å²) in [6.45, 7) is 0.863. The highest BCUT2D eigenvalue weighted by Crippen LogP contribution is 2.43.